The topological polar surface area (TPSA) is 102 Å². The van der Waals surface area contributed by atoms with E-state index in [1.54, 1.807) is 11.8 Å². The summed E-state index contributed by atoms with van der Waals surface area (Å²) in [5.74, 6) is -1.28. The number of rotatable bonds is 5. The highest BCUT2D eigenvalue weighted by Gasteiger charge is 2.24. The van der Waals surface area contributed by atoms with E-state index >= 15 is 0 Å². The van der Waals surface area contributed by atoms with Crippen molar-refractivity contribution in [1.82, 2.24) is 5.32 Å². The van der Waals surface area contributed by atoms with Gasteiger partial charge in [-0.05, 0) is 31.2 Å². The third kappa shape index (κ3) is 4.40. The van der Waals surface area contributed by atoms with E-state index in [-0.39, 0.29) is 6.42 Å². The molecule has 0 saturated heterocycles. The molecule has 0 spiro atoms. The first-order chi connectivity index (χ1) is 13.0. The number of esters is 1. The molecule has 140 valence electrons. The standard InChI is InChI=1S/C19H19N3O4S/c1-12(18(24)21-19(20)25)26-17(23)10-11-22-13-6-2-4-8-15(13)27-16-9-5-3-7-14(16)22/h2-9,12H,10-11H2,1H3,(H3,20,21,24,25)/t12-/m1/s1. The van der Waals surface area contributed by atoms with Crippen LogP contribution in [0.4, 0.5) is 16.2 Å². The zero-order chi connectivity index (χ0) is 19.4. The number of para-hydroxylation sites is 2. The molecule has 0 bridgehead atoms. The van der Waals surface area contributed by atoms with Gasteiger partial charge in [0.2, 0.25) is 0 Å². The Morgan fingerprint density at radius 1 is 1.07 bits per heavy atom. The van der Waals surface area contributed by atoms with Crippen LogP contribution in [-0.2, 0) is 14.3 Å². The van der Waals surface area contributed by atoms with Gasteiger partial charge >= 0.3 is 12.0 Å². The van der Waals surface area contributed by atoms with E-state index in [0.29, 0.717) is 6.54 Å². The second-order valence-corrected chi connectivity index (χ2v) is 7.01. The van der Waals surface area contributed by atoms with E-state index in [9.17, 15) is 14.4 Å². The molecular formula is C19H19N3O4S. The molecule has 1 aliphatic rings. The molecule has 3 amide bonds. The summed E-state index contributed by atoms with van der Waals surface area (Å²) in [5, 5.41) is 1.89. The number of nitrogens with two attached hydrogens (primary N) is 1. The first kappa shape index (κ1) is 18.8. The molecule has 0 saturated carbocycles. The van der Waals surface area contributed by atoms with Crippen LogP contribution >= 0.6 is 11.8 Å². The Hall–Kier alpha value is -3.00. The first-order valence-corrected chi connectivity index (χ1v) is 9.20. The van der Waals surface area contributed by atoms with Crippen LogP contribution in [0, 0.1) is 0 Å². The van der Waals surface area contributed by atoms with Crippen LogP contribution < -0.4 is 16.0 Å². The number of carbonyl (C=O) groups excluding carboxylic acids is 3. The van der Waals surface area contributed by atoms with Crippen molar-refractivity contribution in [2.45, 2.75) is 29.2 Å². The van der Waals surface area contributed by atoms with Crippen molar-refractivity contribution in [2.24, 2.45) is 5.73 Å². The molecule has 0 aromatic heterocycles. The molecule has 3 rings (SSSR count). The number of imide groups is 1. The second kappa shape index (κ2) is 8.13. The smallest absolute Gasteiger partial charge is 0.318 e. The second-order valence-electron chi connectivity index (χ2n) is 5.92. The Balaban J connectivity index is 1.68. The molecule has 1 heterocycles. The summed E-state index contributed by atoms with van der Waals surface area (Å²) in [5.41, 5.74) is 6.93. The fourth-order valence-corrected chi connectivity index (χ4v) is 3.85. The third-order valence-electron chi connectivity index (χ3n) is 4.00. The summed E-state index contributed by atoms with van der Waals surface area (Å²) in [6.45, 7) is 1.79. The van der Waals surface area contributed by atoms with Crippen LogP contribution in [0.25, 0.3) is 0 Å². The number of fused-ring (bicyclic) bond motifs is 2. The third-order valence-corrected chi connectivity index (χ3v) is 5.13. The maximum Gasteiger partial charge on any atom is 0.318 e. The predicted molar refractivity (Wildman–Crippen MR) is 102 cm³/mol. The molecule has 27 heavy (non-hydrogen) atoms. The number of hydrogen-bond acceptors (Lipinski definition) is 6. The van der Waals surface area contributed by atoms with E-state index < -0.39 is 24.0 Å². The molecule has 0 fully saturated rings. The molecule has 2 aromatic rings. The van der Waals surface area contributed by atoms with Gasteiger partial charge in [-0.25, -0.2) is 4.79 Å². The number of nitrogens with one attached hydrogen (secondary N) is 1. The maximum absolute atomic E-state index is 12.2. The Kier molecular flexibility index (Phi) is 5.66. The SMILES string of the molecule is C[C@@H](OC(=O)CCN1c2ccccc2Sc2ccccc21)C(=O)NC(N)=O. The van der Waals surface area contributed by atoms with Crippen molar-refractivity contribution in [3.63, 3.8) is 0 Å². The molecule has 2 aromatic carbocycles. The van der Waals surface area contributed by atoms with Crippen LogP contribution in [0.3, 0.4) is 0 Å². The van der Waals surface area contributed by atoms with E-state index in [4.69, 9.17) is 10.5 Å². The minimum atomic E-state index is -1.10. The van der Waals surface area contributed by atoms with E-state index in [1.165, 1.54) is 6.92 Å². The number of carbonyl (C=O) groups is 3. The predicted octanol–water partition coefficient (Wildman–Crippen LogP) is 2.81. The molecule has 0 radical (unpaired) electrons. The number of hydrogen-bond donors (Lipinski definition) is 2. The summed E-state index contributed by atoms with van der Waals surface area (Å²) in [6.07, 6.45) is -1.01. The van der Waals surface area contributed by atoms with Crippen molar-refractivity contribution in [3.05, 3.63) is 48.5 Å². The van der Waals surface area contributed by atoms with Crippen LogP contribution in [0.1, 0.15) is 13.3 Å². The monoisotopic (exact) mass is 385 g/mol. The number of nitrogens with zero attached hydrogens (tertiary/aromatic N) is 1. The van der Waals surface area contributed by atoms with Gasteiger partial charge in [-0.1, -0.05) is 36.0 Å². The minimum Gasteiger partial charge on any atom is -0.452 e. The number of anilines is 2. The molecule has 1 aliphatic heterocycles. The Morgan fingerprint density at radius 2 is 1.63 bits per heavy atom. The normalized spacial score (nSPS) is 13.1. The number of urea groups is 1. The molecule has 0 unspecified atom stereocenters. The van der Waals surface area contributed by atoms with E-state index in [1.807, 2.05) is 53.8 Å². The summed E-state index contributed by atoms with van der Waals surface area (Å²) >= 11 is 1.69. The lowest BCUT2D eigenvalue weighted by atomic mass is 10.2. The fourth-order valence-electron chi connectivity index (χ4n) is 2.76. The molecule has 8 heteroatoms. The van der Waals surface area contributed by atoms with Crippen molar-refractivity contribution in [3.8, 4) is 0 Å². The highest BCUT2D eigenvalue weighted by Crippen LogP contribution is 2.47. The summed E-state index contributed by atoms with van der Waals surface area (Å²) < 4.78 is 5.09. The Morgan fingerprint density at radius 3 is 2.19 bits per heavy atom. The maximum atomic E-state index is 12.2. The van der Waals surface area contributed by atoms with Crippen LogP contribution in [0.2, 0.25) is 0 Å². The Labute approximate surface area is 160 Å². The lowest BCUT2D eigenvalue weighted by molar-refractivity contribution is -0.154. The zero-order valence-electron chi connectivity index (χ0n) is 14.7. The molecule has 0 aliphatic carbocycles. The fraction of sp³-hybridized carbons (Fsp3) is 0.211. The molecule has 7 nitrogen and oxygen atoms in total. The van der Waals surface area contributed by atoms with Gasteiger partial charge < -0.3 is 15.4 Å². The first-order valence-electron chi connectivity index (χ1n) is 8.39. The van der Waals surface area contributed by atoms with Crippen LogP contribution in [0.15, 0.2) is 58.3 Å². The summed E-state index contributed by atoms with van der Waals surface area (Å²) in [4.78, 5) is 38.8. The van der Waals surface area contributed by atoms with Gasteiger partial charge in [0.1, 0.15) is 0 Å². The van der Waals surface area contributed by atoms with Crippen molar-refractivity contribution in [2.75, 3.05) is 11.4 Å². The zero-order valence-corrected chi connectivity index (χ0v) is 15.5. The highest BCUT2D eigenvalue weighted by molar-refractivity contribution is 7.99. The molecular weight excluding hydrogens is 366 g/mol. The van der Waals surface area contributed by atoms with Gasteiger partial charge in [0, 0.05) is 16.3 Å². The largest absolute Gasteiger partial charge is 0.452 e. The van der Waals surface area contributed by atoms with E-state index in [2.05, 4.69) is 4.90 Å². The molecule has 1 atom stereocenters. The van der Waals surface area contributed by atoms with Crippen molar-refractivity contribution in [1.29, 1.82) is 0 Å². The van der Waals surface area contributed by atoms with Crippen molar-refractivity contribution >= 4 is 41.0 Å². The summed E-state index contributed by atoms with van der Waals surface area (Å²) in [7, 11) is 0. The van der Waals surface area contributed by atoms with Gasteiger partial charge in [-0.3, -0.25) is 14.9 Å². The van der Waals surface area contributed by atoms with Crippen LogP contribution in [0.5, 0.6) is 0 Å². The Bertz CT molecular complexity index is 841. The minimum absolute atomic E-state index is 0.0848. The number of primary amides is 1. The van der Waals surface area contributed by atoms with Gasteiger partial charge in [-0.15, -0.1) is 0 Å². The van der Waals surface area contributed by atoms with Crippen LogP contribution in [-0.4, -0.2) is 30.6 Å². The van der Waals surface area contributed by atoms with Gasteiger partial charge in [0.05, 0.1) is 17.8 Å². The molecule has 3 N–H and O–H groups in total. The van der Waals surface area contributed by atoms with Crippen molar-refractivity contribution < 1.29 is 19.1 Å². The van der Waals surface area contributed by atoms with E-state index in [0.717, 1.165) is 21.2 Å². The lowest BCUT2D eigenvalue weighted by Crippen LogP contribution is -2.42. The number of ether oxygens (including phenoxy) is 1. The average Bonchev–Trinajstić information content (AvgIpc) is 2.64. The quantitative estimate of drug-likeness (QED) is 0.768. The average molecular weight is 385 g/mol. The van der Waals surface area contributed by atoms with Gasteiger partial charge in [0.25, 0.3) is 5.91 Å². The highest BCUT2D eigenvalue weighted by atomic mass is 32.2. The van der Waals surface area contributed by atoms with Gasteiger partial charge in [-0.2, -0.15) is 0 Å². The van der Waals surface area contributed by atoms with Gasteiger partial charge in [0.15, 0.2) is 6.10 Å². The number of benzene rings is 2. The number of amides is 3. The summed E-state index contributed by atoms with van der Waals surface area (Å²) in [6, 6.07) is 15.0. The lowest BCUT2D eigenvalue weighted by Gasteiger charge is -2.32.